The SMILES string of the molecule is Cc1cc(C)c(S(=O)(=O)N(N[C@H]2CCS(=O)(=O)C2)[C@@H]2CCS(=O)(=O)C2)cc1C. The van der Waals surface area contributed by atoms with Gasteiger partial charge in [-0.2, -0.15) is 0 Å². The summed E-state index contributed by atoms with van der Waals surface area (Å²) in [6.07, 6.45) is 0.470. The molecule has 158 valence electrons. The fourth-order valence-corrected chi connectivity index (χ4v) is 9.05. The minimum absolute atomic E-state index is 0.00973. The molecule has 8 nitrogen and oxygen atoms in total. The Balaban J connectivity index is 2.01. The molecule has 1 aromatic carbocycles. The molecule has 3 rings (SSSR count). The van der Waals surface area contributed by atoms with Crippen LogP contribution in [0.3, 0.4) is 0 Å². The summed E-state index contributed by atoms with van der Waals surface area (Å²) in [5, 5.41) is 0. The molecule has 2 heterocycles. The third-order valence-corrected chi connectivity index (χ3v) is 10.8. The van der Waals surface area contributed by atoms with Crippen molar-refractivity contribution in [1.82, 2.24) is 9.84 Å². The van der Waals surface area contributed by atoms with Crippen molar-refractivity contribution in [2.24, 2.45) is 0 Å². The van der Waals surface area contributed by atoms with Crippen molar-refractivity contribution in [2.75, 3.05) is 23.0 Å². The molecule has 1 N–H and O–H groups in total. The average molecular weight is 451 g/mol. The van der Waals surface area contributed by atoms with Gasteiger partial charge in [-0.1, -0.05) is 6.07 Å². The highest BCUT2D eigenvalue weighted by molar-refractivity contribution is 7.92. The molecule has 0 spiro atoms. The van der Waals surface area contributed by atoms with Gasteiger partial charge in [-0.15, -0.1) is 4.41 Å². The number of rotatable bonds is 5. The lowest BCUT2D eigenvalue weighted by Gasteiger charge is -2.31. The molecule has 2 saturated heterocycles. The van der Waals surface area contributed by atoms with Crippen molar-refractivity contribution < 1.29 is 25.3 Å². The number of sulfone groups is 2. The zero-order valence-electron chi connectivity index (χ0n) is 16.2. The predicted molar refractivity (Wildman–Crippen MR) is 107 cm³/mol. The Bertz CT molecular complexity index is 1090. The minimum Gasteiger partial charge on any atom is -0.237 e. The largest absolute Gasteiger partial charge is 0.256 e. The molecule has 28 heavy (non-hydrogen) atoms. The van der Waals surface area contributed by atoms with Crippen LogP contribution < -0.4 is 5.43 Å². The molecule has 0 aromatic heterocycles. The maximum absolute atomic E-state index is 13.5. The van der Waals surface area contributed by atoms with Crippen LogP contribution >= 0.6 is 0 Å². The summed E-state index contributed by atoms with van der Waals surface area (Å²) in [7, 11) is -10.6. The molecule has 0 saturated carbocycles. The number of sulfonamides is 1. The summed E-state index contributed by atoms with van der Waals surface area (Å²) in [6.45, 7) is 5.40. The zero-order chi connectivity index (χ0) is 20.9. The van der Waals surface area contributed by atoms with Crippen molar-refractivity contribution >= 4 is 29.7 Å². The summed E-state index contributed by atoms with van der Waals surface area (Å²) in [5.41, 5.74) is 5.19. The van der Waals surface area contributed by atoms with E-state index in [9.17, 15) is 25.3 Å². The molecular formula is C17H26N2O6S3. The monoisotopic (exact) mass is 450 g/mol. The first kappa shape index (κ1) is 21.7. The van der Waals surface area contributed by atoms with Gasteiger partial charge in [-0.05, 0) is 56.4 Å². The lowest BCUT2D eigenvalue weighted by Crippen LogP contribution is -2.54. The first-order valence-corrected chi connectivity index (χ1v) is 14.2. The fraction of sp³-hybridized carbons (Fsp3) is 0.647. The van der Waals surface area contributed by atoms with E-state index in [2.05, 4.69) is 5.43 Å². The molecule has 0 bridgehead atoms. The zero-order valence-corrected chi connectivity index (χ0v) is 18.6. The summed E-state index contributed by atoms with van der Waals surface area (Å²) >= 11 is 0. The second-order valence-electron chi connectivity index (χ2n) is 7.79. The molecular weight excluding hydrogens is 424 g/mol. The molecule has 0 radical (unpaired) electrons. The third kappa shape index (κ3) is 4.43. The third-order valence-electron chi connectivity index (χ3n) is 5.41. The Hall–Kier alpha value is -1.01. The van der Waals surface area contributed by atoms with Crippen LogP contribution in [0.25, 0.3) is 0 Å². The van der Waals surface area contributed by atoms with Gasteiger partial charge in [0.2, 0.25) is 0 Å². The Labute approximate surface area is 167 Å². The predicted octanol–water partition coefficient (Wildman–Crippen LogP) is 0.481. The Morgan fingerprint density at radius 1 is 0.893 bits per heavy atom. The molecule has 2 aliphatic rings. The Morgan fingerprint density at radius 2 is 1.46 bits per heavy atom. The van der Waals surface area contributed by atoms with E-state index in [4.69, 9.17) is 0 Å². The minimum atomic E-state index is -4.07. The quantitative estimate of drug-likeness (QED) is 0.648. The van der Waals surface area contributed by atoms with Gasteiger partial charge in [0.1, 0.15) is 0 Å². The van der Waals surface area contributed by atoms with Gasteiger partial charge in [0.15, 0.2) is 19.7 Å². The highest BCUT2D eigenvalue weighted by atomic mass is 32.2. The van der Waals surface area contributed by atoms with Crippen LogP contribution in [0.5, 0.6) is 0 Å². The highest BCUT2D eigenvalue weighted by Gasteiger charge is 2.42. The van der Waals surface area contributed by atoms with Crippen molar-refractivity contribution in [1.29, 1.82) is 0 Å². The Kier molecular flexibility index (Phi) is 5.69. The van der Waals surface area contributed by atoms with E-state index in [1.807, 2.05) is 13.8 Å². The first-order valence-electron chi connectivity index (χ1n) is 9.10. The van der Waals surface area contributed by atoms with E-state index in [0.29, 0.717) is 12.0 Å². The lowest BCUT2D eigenvalue weighted by atomic mass is 10.1. The lowest BCUT2D eigenvalue weighted by molar-refractivity contribution is 0.229. The van der Waals surface area contributed by atoms with Gasteiger partial charge in [0.25, 0.3) is 10.0 Å². The van der Waals surface area contributed by atoms with Crippen molar-refractivity contribution in [3.8, 4) is 0 Å². The number of aryl methyl sites for hydroxylation is 3. The molecule has 11 heteroatoms. The number of nitrogens with one attached hydrogen (secondary N) is 1. The van der Waals surface area contributed by atoms with Gasteiger partial charge in [0, 0.05) is 6.04 Å². The second kappa shape index (κ2) is 7.35. The summed E-state index contributed by atoms with van der Waals surface area (Å²) in [5.74, 6) is -0.530. The molecule has 2 aliphatic heterocycles. The van der Waals surface area contributed by atoms with Gasteiger partial charge >= 0.3 is 0 Å². The van der Waals surface area contributed by atoms with E-state index in [1.54, 1.807) is 19.1 Å². The fourth-order valence-electron chi connectivity index (χ4n) is 3.73. The number of hydrogen-bond donors (Lipinski definition) is 1. The van der Waals surface area contributed by atoms with Gasteiger partial charge in [-0.3, -0.25) is 0 Å². The van der Waals surface area contributed by atoms with Crippen LogP contribution in [0.4, 0.5) is 0 Å². The summed E-state index contributed by atoms with van der Waals surface area (Å²) < 4.78 is 75.5. The second-order valence-corrected chi connectivity index (χ2v) is 14.0. The first-order chi connectivity index (χ1) is 12.8. The van der Waals surface area contributed by atoms with Crippen LogP contribution in [0.2, 0.25) is 0 Å². The van der Waals surface area contributed by atoms with Crippen LogP contribution in [0.1, 0.15) is 29.5 Å². The van der Waals surface area contributed by atoms with E-state index in [-0.39, 0.29) is 34.3 Å². The number of hydrogen-bond acceptors (Lipinski definition) is 7. The van der Waals surface area contributed by atoms with Crippen molar-refractivity contribution in [3.05, 3.63) is 28.8 Å². The van der Waals surface area contributed by atoms with E-state index < -0.39 is 41.8 Å². The van der Waals surface area contributed by atoms with E-state index in [1.165, 1.54) is 0 Å². The molecule has 2 atom stereocenters. The normalized spacial score (nSPS) is 26.7. The molecule has 1 aromatic rings. The standard InChI is InChI=1S/C17H26N2O6S3/c1-12-8-14(3)17(9-13(12)2)28(24,25)19(16-5-7-27(22,23)11-16)18-15-4-6-26(20,21)10-15/h8-9,15-16,18H,4-7,10-11H2,1-3H3/t15-,16+/m0/s1. The Morgan fingerprint density at radius 3 is 2.00 bits per heavy atom. The van der Waals surface area contributed by atoms with E-state index >= 15 is 0 Å². The molecule has 0 unspecified atom stereocenters. The summed E-state index contributed by atoms with van der Waals surface area (Å²) in [6, 6.07) is 2.05. The van der Waals surface area contributed by atoms with Crippen LogP contribution in [-0.4, -0.2) is 64.8 Å². The van der Waals surface area contributed by atoms with Gasteiger partial charge in [-0.25, -0.2) is 30.7 Å². The highest BCUT2D eigenvalue weighted by Crippen LogP contribution is 2.28. The van der Waals surface area contributed by atoms with Gasteiger partial charge < -0.3 is 0 Å². The van der Waals surface area contributed by atoms with Crippen LogP contribution in [0, 0.1) is 20.8 Å². The van der Waals surface area contributed by atoms with Crippen LogP contribution in [0.15, 0.2) is 17.0 Å². The number of nitrogens with zero attached hydrogens (tertiary/aromatic N) is 1. The maximum atomic E-state index is 13.5. The summed E-state index contributed by atoms with van der Waals surface area (Å²) in [4.78, 5) is 0.105. The number of benzene rings is 1. The molecule has 0 amide bonds. The molecule has 2 fully saturated rings. The van der Waals surface area contributed by atoms with Gasteiger partial charge in [0.05, 0.1) is 33.9 Å². The smallest absolute Gasteiger partial charge is 0.237 e. The molecule has 0 aliphatic carbocycles. The average Bonchev–Trinajstić information content (AvgIpc) is 3.09. The number of hydrazine groups is 1. The maximum Gasteiger partial charge on any atom is 0.256 e. The van der Waals surface area contributed by atoms with Crippen molar-refractivity contribution in [3.63, 3.8) is 0 Å². The van der Waals surface area contributed by atoms with Crippen LogP contribution in [-0.2, 0) is 29.7 Å². The van der Waals surface area contributed by atoms with Crippen molar-refractivity contribution in [2.45, 2.75) is 50.6 Å². The van der Waals surface area contributed by atoms with E-state index in [0.717, 1.165) is 15.5 Å². The topological polar surface area (TPSA) is 118 Å².